The molecule has 1 aromatic carbocycles. The van der Waals surface area contributed by atoms with E-state index < -0.39 is 0 Å². The number of hydrazine groups is 1. The highest BCUT2D eigenvalue weighted by Gasteiger charge is 2.06. The Balaban J connectivity index is 2.23. The van der Waals surface area contributed by atoms with Gasteiger partial charge in [-0.05, 0) is 24.3 Å². The predicted molar refractivity (Wildman–Crippen MR) is 42.4 cm³/mol. The molecule has 0 fully saturated rings. The number of hydrogen-bond donors (Lipinski definition) is 1. The second-order valence-electron chi connectivity index (χ2n) is 2.36. The molecular formula is C8H7N2O2. The van der Waals surface area contributed by atoms with Gasteiger partial charge in [-0.2, -0.15) is 0 Å². The van der Waals surface area contributed by atoms with Gasteiger partial charge in [0.25, 0.3) is 0 Å². The van der Waals surface area contributed by atoms with Crippen LogP contribution in [0.15, 0.2) is 36.7 Å². The molecule has 0 aliphatic carbocycles. The fraction of sp³-hybridized carbons (Fsp3) is 0. The molecule has 1 heterocycles. The second-order valence-corrected chi connectivity index (χ2v) is 2.36. The van der Waals surface area contributed by atoms with Crippen LogP contribution in [-0.2, 0) is 9.94 Å². The summed E-state index contributed by atoms with van der Waals surface area (Å²) >= 11 is 0. The largest absolute Gasteiger partial charge is 0.395 e. The van der Waals surface area contributed by atoms with E-state index in [0.29, 0.717) is 0 Å². The molecule has 61 valence electrons. The summed E-state index contributed by atoms with van der Waals surface area (Å²) in [6.45, 7) is 0. The highest BCUT2D eigenvalue weighted by Crippen LogP contribution is 2.18. The summed E-state index contributed by atoms with van der Waals surface area (Å²) in [5.41, 5.74) is 3.48. The first-order valence-corrected chi connectivity index (χ1v) is 3.50. The van der Waals surface area contributed by atoms with Crippen molar-refractivity contribution >= 4 is 5.69 Å². The zero-order chi connectivity index (χ0) is 8.39. The Hall–Kier alpha value is -1.68. The fourth-order valence-electron chi connectivity index (χ4n) is 0.954. The van der Waals surface area contributed by atoms with E-state index in [0.717, 1.165) is 5.69 Å². The van der Waals surface area contributed by atoms with E-state index in [9.17, 15) is 5.11 Å². The molecule has 0 saturated heterocycles. The standard InChI is InChI=1S/C8H7N2O2/c11-8-3-1-7(2-4-8)10-5-6-12-9-10/h1-6,9H. The Morgan fingerprint density at radius 1 is 1.25 bits per heavy atom. The molecule has 1 aliphatic rings. The number of anilines is 1. The number of benzene rings is 1. The molecule has 0 unspecified atom stereocenters. The van der Waals surface area contributed by atoms with Gasteiger partial charge in [0.15, 0.2) is 5.75 Å². The highest BCUT2D eigenvalue weighted by atomic mass is 16.7. The Bertz CT molecular complexity index is 294. The van der Waals surface area contributed by atoms with Gasteiger partial charge in [-0.25, -0.2) is 5.01 Å². The molecule has 0 saturated carbocycles. The van der Waals surface area contributed by atoms with Crippen molar-refractivity contribution in [3.8, 4) is 5.75 Å². The molecule has 1 aliphatic heterocycles. The van der Waals surface area contributed by atoms with E-state index in [1.165, 1.54) is 18.4 Å². The van der Waals surface area contributed by atoms with Crippen molar-refractivity contribution in [2.75, 3.05) is 5.01 Å². The van der Waals surface area contributed by atoms with Crippen LogP contribution in [0, 0.1) is 0 Å². The second kappa shape index (κ2) is 2.75. The van der Waals surface area contributed by atoms with Crippen LogP contribution < -0.4 is 10.6 Å². The Labute approximate surface area is 69.6 Å². The molecule has 4 heteroatoms. The lowest BCUT2D eigenvalue weighted by molar-refractivity contribution is 0.159. The molecule has 0 amide bonds. The van der Waals surface area contributed by atoms with E-state index >= 15 is 0 Å². The van der Waals surface area contributed by atoms with Crippen LogP contribution in [0.2, 0.25) is 0 Å². The molecule has 0 atom stereocenters. The van der Waals surface area contributed by atoms with E-state index in [4.69, 9.17) is 4.84 Å². The third kappa shape index (κ3) is 1.19. The molecule has 1 radical (unpaired) electrons. The SMILES string of the molecule is [O]c1ccc(N2C=CON2)cc1. The van der Waals surface area contributed by atoms with Crippen molar-refractivity contribution in [3.63, 3.8) is 0 Å². The van der Waals surface area contributed by atoms with E-state index in [1.807, 2.05) is 0 Å². The molecule has 4 nitrogen and oxygen atoms in total. The fourth-order valence-corrected chi connectivity index (χ4v) is 0.954. The summed E-state index contributed by atoms with van der Waals surface area (Å²) in [5.74, 6) is 0.00263. The molecule has 1 N–H and O–H groups in total. The zero-order valence-corrected chi connectivity index (χ0v) is 6.23. The van der Waals surface area contributed by atoms with E-state index in [-0.39, 0.29) is 5.75 Å². The topological polar surface area (TPSA) is 44.4 Å². The smallest absolute Gasteiger partial charge is 0.178 e. The lowest BCUT2D eigenvalue weighted by Gasteiger charge is -2.12. The molecule has 2 rings (SSSR count). The molecular weight excluding hydrogens is 156 g/mol. The summed E-state index contributed by atoms with van der Waals surface area (Å²) in [7, 11) is 0. The monoisotopic (exact) mass is 163 g/mol. The zero-order valence-electron chi connectivity index (χ0n) is 6.23. The molecule has 1 aromatic rings. The first-order chi connectivity index (χ1) is 5.86. The predicted octanol–water partition coefficient (Wildman–Crippen LogP) is 1.56. The summed E-state index contributed by atoms with van der Waals surface area (Å²) in [4.78, 5) is 4.76. The maximum Gasteiger partial charge on any atom is 0.178 e. The van der Waals surface area contributed by atoms with Gasteiger partial charge >= 0.3 is 0 Å². The van der Waals surface area contributed by atoms with Gasteiger partial charge in [0.05, 0.1) is 11.9 Å². The van der Waals surface area contributed by atoms with Crippen LogP contribution in [-0.4, -0.2) is 0 Å². The third-order valence-corrected chi connectivity index (χ3v) is 1.54. The minimum Gasteiger partial charge on any atom is -0.395 e. The van der Waals surface area contributed by atoms with Gasteiger partial charge in [-0.1, -0.05) is 5.59 Å². The van der Waals surface area contributed by atoms with Crippen molar-refractivity contribution in [1.29, 1.82) is 0 Å². The van der Waals surface area contributed by atoms with E-state index in [2.05, 4.69) is 5.59 Å². The number of nitrogens with zero attached hydrogens (tertiary/aromatic N) is 1. The van der Waals surface area contributed by atoms with Crippen LogP contribution in [0.1, 0.15) is 0 Å². The lowest BCUT2D eigenvalue weighted by atomic mass is 10.3. The maximum atomic E-state index is 10.7. The molecule has 0 aromatic heterocycles. The molecule has 12 heavy (non-hydrogen) atoms. The van der Waals surface area contributed by atoms with Crippen molar-refractivity contribution in [3.05, 3.63) is 36.7 Å². The van der Waals surface area contributed by atoms with Crippen molar-refractivity contribution < 1.29 is 9.94 Å². The summed E-state index contributed by atoms with van der Waals surface area (Å²) in [6.07, 6.45) is 3.24. The highest BCUT2D eigenvalue weighted by molar-refractivity contribution is 5.50. The van der Waals surface area contributed by atoms with E-state index in [1.54, 1.807) is 23.3 Å². The first-order valence-electron chi connectivity index (χ1n) is 3.50. The molecule has 0 spiro atoms. The van der Waals surface area contributed by atoms with Gasteiger partial charge in [-0.15, -0.1) is 0 Å². The maximum absolute atomic E-state index is 10.7. The van der Waals surface area contributed by atoms with Crippen LogP contribution in [0.3, 0.4) is 0 Å². The van der Waals surface area contributed by atoms with Gasteiger partial charge in [-0.3, -0.25) is 5.11 Å². The van der Waals surface area contributed by atoms with Gasteiger partial charge in [0, 0.05) is 0 Å². The average molecular weight is 163 g/mol. The average Bonchev–Trinajstić information content (AvgIpc) is 2.58. The quantitative estimate of drug-likeness (QED) is 0.683. The first kappa shape index (κ1) is 7.00. The Morgan fingerprint density at radius 2 is 2.00 bits per heavy atom. The number of nitrogens with one attached hydrogen (secondary N) is 1. The van der Waals surface area contributed by atoms with Crippen molar-refractivity contribution in [1.82, 2.24) is 5.59 Å². The Kier molecular flexibility index (Phi) is 1.60. The van der Waals surface area contributed by atoms with Gasteiger partial charge < -0.3 is 4.84 Å². The Morgan fingerprint density at radius 3 is 2.58 bits per heavy atom. The minimum absolute atomic E-state index is 0.00263. The lowest BCUT2D eigenvalue weighted by Crippen LogP contribution is -2.26. The summed E-state index contributed by atoms with van der Waals surface area (Å²) in [5, 5.41) is 12.4. The van der Waals surface area contributed by atoms with Crippen molar-refractivity contribution in [2.24, 2.45) is 0 Å². The van der Waals surface area contributed by atoms with Crippen LogP contribution in [0.5, 0.6) is 5.75 Å². The summed E-state index contributed by atoms with van der Waals surface area (Å²) < 4.78 is 0. The van der Waals surface area contributed by atoms with Gasteiger partial charge in [0.2, 0.25) is 0 Å². The third-order valence-electron chi connectivity index (χ3n) is 1.54. The van der Waals surface area contributed by atoms with Crippen LogP contribution >= 0.6 is 0 Å². The van der Waals surface area contributed by atoms with Crippen LogP contribution in [0.4, 0.5) is 5.69 Å². The van der Waals surface area contributed by atoms with Crippen molar-refractivity contribution in [2.45, 2.75) is 0 Å². The summed E-state index contributed by atoms with van der Waals surface area (Å²) in [6, 6.07) is 6.44. The number of hydrogen-bond acceptors (Lipinski definition) is 3. The molecule has 0 bridgehead atoms. The van der Waals surface area contributed by atoms with Gasteiger partial charge in [0.1, 0.15) is 6.26 Å². The normalized spacial score (nSPS) is 14.8. The minimum atomic E-state index is 0.00263. The van der Waals surface area contributed by atoms with Crippen LogP contribution in [0.25, 0.3) is 0 Å². The number of rotatable bonds is 1.